The lowest BCUT2D eigenvalue weighted by Crippen LogP contribution is -2.43. The number of hydrogen-bond donors (Lipinski definition) is 2. The van der Waals surface area contributed by atoms with Gasteiger partial charge >= 0.3 is 12.1 Å². The first-order valence-corrected chi connectivity index (χ1v) is 10.4. The normalized spacial score (nSPS) is 13.2. The van der Waals surface area contributed by atoms with Crippen molar-refractivity contribution in [2.75, 3.05) is 6.61 Å². The first kappa shape index (κ1) is 20.9. The Labute approximate surface area is 185 Å². The molecule has 0 unspecified atom stereocenters. The van der Waals surface area contributed by atoms with Gasteiger partial charge in [-0.1, -0.05) is 66.2 Å². The number of benzene rings is 3. The Balaban J connectivity index is 1.45. The van der Waals surface area contributed by atoms with Gasteiger partial charge in [0, 0.05) is 17.4 Å². The van der Waals surface area contributed by atoms with E-state index in [1.807, 2.05) is 49.4 Å². The Morgan fingerprint density at radius 1 is 1.03 bits per heavy atom. The Morgan fingerprint density at radius 3 is 2.26 bits per heavy atom. The van der Waals surface area contributed by atoms with Crippen molar-refractivity contribution in [3.8, 4) is 11.1 Å². The molecule has 3 aromatic carbocycles. The summed E-state index contributed by atoms with van der Waals surface area (Å²) in [4.78, 5) is 24.2. The molecule has 1 aliphatic rings. The third-order valence-corrected chi connectivity index (χ3v) is 5.90. The highest BCUT2D eigenvalue weighted by atomic mass is 35.5. The fourth-order valence-corrected chi connectivity index (χ4v) is 4.26. The molecular formula is C25H22ClNO4. The van der Waals surface area contributed by atoms with Gasteiger partial charge < -0.3 is 15.2 Å². The molecule has 0 radical (unpaired) electrons. The minimum Gasteiger partial charge on any atom is -0.480 e. The third kappa shape index (κ3) is 4.42. The Hall–Kier alpha value is -3.31. The highest BCUT2D eigenvalue weighted by Gasteiger charge is 2.29. The lowest BCUT2D eigenvalue weighted by atomic mass is 9.98. The predicted molar refractivity (Wildman–Crippen MR) is 120 cm³/mol. The third-order valence-electron chi connectivity index (χ3n) is 5.67. The van der Waals surface area contributed by atoms with E-state index in [0.717, 1.165) is 33.4 Å². The van der Waals surface area contributed by atoms with Crippen LogP contribution >= 0.6 is 11.6 Å². The van der Waals surface area contributed by atoms with E-state index in [1.165, 1.54) is 0 Å². The highest BCUT2D eigenvalue weighted by Crippen LogP contribution is 2.44. The van der Waals surface area contributed by atoms with Crippen LogP contribution in [0.15, 0.2) is 66.7 Å². The van der Waals surface area contributed by atoms with Crippen molar-refractivity contribution in [1.82, 2.24) is 5.32 Å². The van der Waals surface area contributed by atoms with E-state index in [9.17, 15) is 14.7 Å². The molecule has 0 saturated carbocycles. The van der Waals surface area contributed by atoms with Gasteiger partial charge in [0.1, 0.15) is 12.6 Å². The lowest BCUT2D eigenvalue weighted by molar-refractivity contribution is -0.139. The van der Waals surface area contributed by atoms with Gasteiger partial charge in [-0.25, -0.2) is 9.59 Å². The van der Waals surface area contributed by atoms with Gasteiger partial charge in [0.25, 0.3) is 0 Å². The zero-order valence-electron chi connectivity index (χ0n) is 17.0. The number of aliphatic carboxylic acids is 1. The van der Waals surface area contributed by atoms with Crippen molar-refractivity contribution < 1.29 is 19.4 Å². The topological polar surface area (TPSA) is 75.6 Å². The molecule has 0 aliphatic heterocycles. The van der Waals surface area contributed by atoms with Gasteiger partial charge in [-0.05, 0) is 52.4 Å². The van der Waals surface area contributed by atoms with Gasteiger partial charge in [-0.15, -0.1) is 0 Å². The number of hydrogen-bond acceptors (Lipinski definition) is 3. The van der Waals surface area contributed by atoms with E-state index in [2.05, 4.69) is 17.4 Å². The van der Waals surface area contributed by atoms with Crippen molar-refractivity contribution in [2.45, 2.75) is 25.3 Å². The maximum atomic E-state index is 12.5. The van der Waals surface area contributed by atoms with Crippen molar-refractivity contribution in [3.05, 3.63) is 94.0 Å². The van der Waals surface area contributed by atoms with Gasteiger partial charge in [0.2, 0.25) is 0 Å². The van der Waals surface area contributed by atoms with Crippen LogP contribution in [0.4, 0.5) is 4.79 Å². The summed E-state index contributed by atoms with van der Waals surface area (Å²) in [7, 11) is 0. The van der Waals surface area contributed by atoms with Gasteiger partial charge in [0.15, 0.2) is 0 Å². The number of halogens is 1. The second-order valence-electron chi connectivity index (χ2n) is 7.64. The molecule has 0 aromatic heterocycles. The van der Waals surface area contributed by atoms with E-state index in [4.69, 9.17) is 16.3 Å². The zero-order chi connectivity index (χ0) is 22.0. The molecule has 1 atom stereocenters. The second-order valence-corrected chi connectivity index (χ2v) is 8.07. The number of carbonyl (C=O) groups excluding carboxylic acids is 1. The van der Waals surface area contributed by atoms with Crippen molar-refractivity contribution in [2.24, 2.45) is 0 Å². The fraction of sp³-hybridized carbons (Fsp3) is 0.200. The summed E-state index contributed by atoms with van der Waals surface area (Å²) < 4.78 is 5.47. The summed E-state index contributed by atoms with van der Waals surface area (Å²) >= 11 is 6.03. The van der Waals surface area contributed by atoms with Gasteiger partial charge in [-0.3, -0.25) is 0 Å². The van der Waals surface area contributed by atoms with Crippen LogP contribution in [0, 0.1) is 6.92 Å². The Bertz CT molecular complexity index is 1100. The molecule has 0 saturated heterocycles. The number of alkyl carbamates (subject to hydrolysis) is 1. The minimum absolute atomic E-state index is 0.0865. The number of amides is 1. The fourth-order valence-electron chi connectivity index (χ4n) is 4.06. The van der Waals surface area contributed by atoms with Crippen LogP contribution in [-0.4, -0.2) is 29.8 Å². The van der Waals surface area contributed by atoms with Crippen LogP contribution in [0.25, 0.3) is 11.1 Å². The molecule has 1 aliphatic carbocycles. The largest absolute Gasteiger partial charge is 0.480 e. The number of nitrogens with one attached hydrogen (secondary N) is 1. The summed E-state index contributed by atoms with van der Waals surface area (Å²) in [6, 6.07) is 20.2. The smallest absolute Gasteiger partial charge is 0.407 e. The number of aryl methyl sites for hydroxylation is 1. The molecule has 0 fully saturated rings. The summed E-state index contributed by atoms with van der Waals surface area (Å²) in [6.45, 7) is 2.00. The van der Waals surface area contributed by atoms with Crippen LogP contribution in [0.5, 0.6) is 0 Å². The molecule has 158 valence electrons. The predicted octanol–water partition coefficient (Wildman–Crippen LogP) is 5.18. The monoisotopic (exact) mass is 435 g/mol. The quantitative estimate of drug-likeness (QED) is 0.559. The van der Waals surface area contributed by atoms with E-state index in [-0.39, 0.29) is 18.9 Å². The summed E-state index contributed by atoms with van der Waals surface area (Å²) in [5, 5.41) is 12.6. The average molecular weight is 436 g/mol. The summed E-state index contributed by atoms with van der Waals surface area (Å²) in [5.41, 5.74) is 6.13. The van der Waals surface area contributed by atoms with Crippen LogP contribution < -0.4 is 5.32 Å². The molecule has 0 heterocycles. The number of carbonyl (C=O) groups is 2. The molecule has 2 N–H and O–H groups in total. The van der Waals surface area contributed by atoms with Crippen molar-refractivity contribution in [1.29, 1.82) is 0 Å². The number of carboxylic acids is 1. The molecule has 31 heavy (non-hydrogen) atoms. The lowest BCUT2D eigenvalue weighted by Gasteiger charge is -2.18. The Morgan fingerprint density at radius 2 is 1.65 bits per heavy atom. The number of rotatable bonds is 6. The molecule has 6 heteroatoms. The average Bonchev–Trinajstić information content (AvgIpc) is 3.08. The van der Waals surface area contributed by atoms with Gasteiger partial charge in [-0.2, -0.15) is 0 Å². The standard InChI is InChI=1S/C25H22ClNO4/c1-15-10-11-17(26)12-16(15)13-23(24(28)29)27-25(30)31-14-22-20-8-4-2-6-18(20)19-7-3-5-9-21(19)22/h2-12,22-23H,13-14H2,1H3,(H,27,30)(H,28,29)/t23-/m1/s1. The highest BCUT2D eigenvalue weighted by molar-refractivity contribution is 6.30. The molecule has 0 spiro atoms. The molecule has 5 nitrogen and oxygen atoms in total. The maximum Gasteiger partial charge on any atom is 0.407 e. The summed E-state index contributed by atoms with van der Waals surface area (Å²) in [5.74, 6) is -1.22. The number of ether oxygens (including phenoxy) is 1. The van der Waals surface area contributed by atoms with E-state index < -0.39 is 18.1 Å². The van der Waals surface area contributed by atoms with E-state index >= 15 is 0 Å². The molecule has 1 amide bonds. The molecule has 3 aromatic rings. The first-order valence-electron chi connectivity index (χ1n) is 10.0. The van der Waals surface area contributed by atoms with Crippen molar-refractivity contribution in [3.63, 3.8) is 0 Å². The van der Waals surface area contributed by atoms with E-state index in [1.54, 1.807) is 12.1 Å². The van der Waals surface area contributed by atoms with Crippen LogP contribution in [0.3, 0.4) is 0 Å². The first-order chi connectivity index (χ1) is 14.9. The Kier molecular flexibility index (Phi) is 5.96. The molecule has 0 bridgehead atoms. The van der Waals surface area contributed by atoms with Crippen LogP contribution in [0.2, 0.25) is 5.02 Å². The van der Waals surface area contributed by atoms with Crippen LogP contribution in [-0.2, 0) is 16.0 Å². The number of fused-ring (bicyclic) bond motifs is 3. The molecule has 4 rings (SSSR count). The van der Waals surface area contributed by atoms with Crippen molar-refractivity contribution >= 4 is 23.7 Å². The molecular weight excluding hydrogens is 414 g/mol. The SMILES string of the molecule is Cc1ccc(Cl)cc1C[C@@H](NC(=O)OCC1c2ccccc2-c2ccccc21)C(=O)O. The minimum atomic E-state index is -1.13. The summed E-state index contributed by atoms with van der Waals surface area (Å²) in [6.07, 6.45) is -0.639. The van der Waals surface area contributed by atoms with Gasteiger partial charge in [0.05, 0.1) is 0 Å². The van der Waals surface area contributed by atoms with Crippen LogP contribution in [0.1, 0.15) is 28.2 Å². The second kappa shape index (κ2) is 8.82. The van der Waals surface area contributed by atoms with E-state index in [0.29, 0.717) is 5.02 Å². The maximum absolute atomic E-state index is 12.5. The number of carboxylic acid groups (broad SMARTS) is 1. The zero-order valence-corrected chi connectivity index (χ0v) is 17.7.